The minimum Gasteiger partial charge on any atom is -0.496 e. The van der Waals surface area contributed by atoms with Crippen LogP contribution in [-0.4, -0.2) is 24.5 Å². The SMILES string of the molecule is COc1ccccc1CN1COc2ccc3c(c2C1)O/C(=C\c1ccc(Cl)cc1Cl)C3=O. The summed E-state index contributed by atoms with van der Waals surface area (Å²) in [4.78, 5) is 15.1. The van der Waals surface area contributed by atoms with Gasteiger partial charge in [-0.05, 0) is 42.0 Å². The molecule has 0 amide bonds. The summed E-state index contributed by atoms with van der Waals surface area (Å²) in [6, 6.07) is 16.6. The molecule has 3 aromatic carbocycles. The van der Waals surface area contributed by atoms with Crippen molar-refractivity contribution in [3.8, 4) is 17.2 Å². The van der Waals surface area contributed by atoms with Crippen molar-refractivity contribution in [3.05, 3.63) is 92.7 Å². The highest BCUT2D eigenvalue weighted by atomic mass is 35.5. The molecule has 0 radical (unpaired) electrons. The molecule has 0 aliphatic carbocycles. The summed E-state index contributed by atoms with van der Waals surface area (Å²) in [6.45, 7) is 1.66. The number of benzene rings is 3. The Bertz CT molecular complexity index is 1250. The number of ketones is 1. The number of hydrogen-bond acceptors (Lipinski definition) is 5. The van der Waals surface area contributed by atoms with E-state index in [4.69, 9.17) is 37.4 Å². The molecule has 0 N–H and O–H groups in total. The number of ether oxygens (including phenoxy) is 3. The van der Waals surface area contributed by atoms with Gasteiger partial charge < -0.3 is 14.2 Å². The van der Waals surface area contributed by atoms with Crippen LogP contribution in [0.3, 0.4) is 0 Å². The first-order valence-electron chi connectivity index (χ1n) is 10.1. The van der Waals surface area contributed by atoms with E-state index in [9.17, 15) is 4.79 Å². The van der Waals surface area contributed by atoms with Crippen molar-refractivity contribution in [3.63, 3.8) is 0 Å². The van der Waals surface area contributed by atoms with Gasteiger partial charge in [-0.1, -0.05) is 47.5 Å². The maximum atomic E-state index is 13.0. The molecular weight excluding hydrogens is 449 g/mol. The molecule has 2 aliphatic rings. The van der Waals surface area contributed by atoms with E-state index in [0.717, 1.165) is 22.6 Å². The molecule has 0 fully saturated rings. The number of allylic oxidation sites excluding steroid dienone is 1. The minimum absolute atomic E-state index is 0.185. The van der Waals surface area contributed by atoms with Gasteiger partial charge in [0.1, 0.15) is 24.0 Å². The fraction of sp³-hybridized carbons (Fsp3) is 0.160. The molecule has 0 atom stereocenters. The second kappa shape index (κ2) is 8.51. The summed E-state index contributed by atoms with van der Waals surface area (Å²) in [5, 5.41) is 0.978. The van der Waals surface area contributed by atoms with Gasteiger partial charge in [0.15, 0.2) is 5.76 Å². The number of methoxy groups -OCH3 is 1. The summed E-state index contributed by atoms with van der Waals surface area (Å²) in [5.41, 5.74) is 3.09. The molecule has 5 rings (SSSR count). The van der Waals surface area contributed by atoms with Gasteiger partial charge in [0.25, 0.3) is 0 Å². The van der Waals surface area contributed by atoms with Gasteiger partial charge in [-0.2, -0.15) is 0 Å². The molecular formula is C25H19Cl2NO4. The molecule has 0 bridgehead atoms. The highest BCUT2D eigenvalue weighted by Gasteiger charge is 2.33. The van der Waals surface area contributed by atoms with Crippen LogP contribution in [-0.2, 0) is 13.1 Å². The van der Waals surface area contributed by atoms with E-state index in [1.54, 1.807) is 37.5 Å². The molecule has 0 unspecified atom stereocenters. The number of para-hydroxylation sites is 1. The lowest BCUT2D eigenvalue weighted by Crippen LogP contribution is -2.31. The van der Waals surface area contributed by atoms with Crippen LogP contribution in [0.4, 0.5) is 0 Å². The number of nitrogens with zero attached hydrogens (tertiary/aromatic N) is 1. The number of fused-ring (bicyclic) bond motifs is 3. The molecule has 0 aromatic heterocycles. The van der Waals surface area contributed by atoms with Crippen molar-refractivity contribution >= 4 is 35.1 Å². The minimum atomic E-state index is -0.185. The first kappa shape index (κ1) is 20.9. The summed E-state index contributed by atoms with van der Waals surface area (Å²) in [6.07, 6.45) is 1.64. The molecule has 0 saturated heterocycles. The molecule has 0 saturated carbocycles. The molecule has 5 nitrogen and oxygen atoms in total. The van der Waals surface area contributed by atoms with Crippen molar-refractivity contribution in [1.29, 1.82) is 0 Å². The Hall–Kier alpha value is -2.99. The molecule has 2 aliphatic heterocycles. The van der Waals surface area contributed by atoms with Gasteiger partial charge in [0.2, 0.25) is 5.78 Å². The Balaban J connectivity index is 1.43. The quantitative estimate of drug-likeness (QED) is 0.442. The van der Waals surface area contributed by atoms with E-state index in [2.05, 4.69) is 4.90 Å². The first-order chi connectivity index (χ1) is 15.5. The number of hydrogen-bond donors (Lipinski definition) is 0. The van der Waals surface area contributed by atoms with Gasteiger partial charge in [0, 0.05) is 28.7 Å². The zero-order valence-electron chi connectivity index (χ0n) is 17.2. The standard InChI is InChI=1S/C25H19Cl2NO4/c1-30-21-5-3-2-4-16(21)12-28-13-19-22(31-14-28)9-8-18-24(29)23(32-25(18)19)10-15-6-7-17(26)11-20(15)27/h2-11H,12-14H2,1H3/b23-10-. The van der Waals surface area contributed by atoms with Crippen LogP contribution in [0.2, 0.25) is 10.0 Å². The number of rotatable bonds is 4. The lowest BCUT2D eigenvalue weighted by Gasteiger charge is -2.30. The van der Waals surface area contributed by atoms with E-state index in [1.807, 2.05) is 30.3 Å². The fourth-order valence-corrected chi connectivity index (χ4v) is 4.40. The van der Waals surface area contributed by atoms with Crippen LogP contribution in [0.1, 0.15) is 27.0 Å². The normalized spacial score (nSPS) is 16.3. The largest absolute Gasteiger partial charge is 0.496 e. The van der Waals surface area contributed by atoms with Gasteiger partial charge in [-0.3, -0.25) is 9.69 Å². The highest BCUT2D eigenvalue weighted by Crippen LogP contribution is 2.42. The van der Waals surface area contributed by atoms with E-state index >= 15 is 0 Å². The van der Waals surface area contributed by atoms with E-state index < -0.39 is 0 Å². The zero-order valence-corrected chi connectivity index (χ0v) is 18.7. The van der Waals surface area contributed by atoms with Gasteiger partial charge in [-0.25, -0.2) is 0 Å². The Morgan fingerprint density at radius 3 is 2.78 bits per heavy atom. The Labute approximate surface area is 195 Å². The third kappa shape index (κ3) is 3.84. The Morgan fingerprint density at radius 1 is 1.12 bits per heavy atom. The van der Waals surface area contributed by atoms with Gasteiger partial charge >= 0.3 is 0 Å². The molecule has 32 heavy (non-hydrogen) atoms. The second-order valence-electron chi connectivity index (χ2n) is 7.60. The summed E-state index contributed by atoms with van der Waals surface area (Å²) in [5.74, 6) is 2.12. The van der Waals surface area contributed by atoms with Crippen LogP contribution < -0.4 is 14.2 Å². The van der Waals surface area contributed by atoms with E-state index in [-0.39, 0.29) is 11.5 Å². The Morgan fingerprint density at radius 2 is 1.97 bits per heavy atom. The monoisotopic (exact) mass is 467 g/mol. The van der Waals surface area contributed by atoms with Crippen LogP contribution in [0.15, 0.2) is 60.4 Å². The van der Waals surface area contributed by atoms with Crippen LogP contribution in [0.25, 0.3) is 6.08 Å². The topological polar surface area (TPSA) is 48.0 Å². The number of carbonyl (C=O) groups excluding carboxylic acids is 1. The smallest absolute Gasteiger partial charge is 0.231 e. The highest BCUT2D eigenvalue weighted by molar-refractivity contribution is 6.35. The average Bonchev–Trinajstić information content (AvgIpc) is 3.12. The maximum absolute atomic E-state index is 13.0. The fourth-order valence-electron chi connectivity index (χ4n) is 3.94. The lowest BCUT2D eigenvalue weighted by molar-refractivity contribution is 0.0865. The van der Waals surface area contributed by atoms with Gasteiger partial charge in [0.05, 0.1) is 18.2 Å². The first-order valence-corrected chi connectivity index (χ1v) is 10.8. The number of carbonyl (C=O) groups is 1. The average molecular weight is 468 g/mol. The van der Waals surface area contributed by atoms with Crippen molar-refractivity contribution in [2.24, 2.45) is 0 Å². The maximum Gasteiger partial charge on any atom is 0.231 e. The molecule has 3 aromatic rings. The van der Waals surface area contributed by atoms with Crippen LogP contribution >= 0.6 is 23.2 Å². The molecule has 0 spiro atoms. The summed E-state index contributed by atoms with van der Waals surface area (Å²) < 4.78 is 17.5. The number of halogens is 2. The van der Waals surface area contributed by atoms with Crippen LogP contribution in [0.5, 0.6) is 17.2 Å². The van der Waals surface area contributed by atoms with Crippen molar-refractivity contribution in [2.75, 3.05) is 13.8 Å². The lowest BCUT2D eigenvalue weighted by atomic mass is 10.0. The van der Waals surface area contributed by atoms with Crippen molar-refractivity contribution in [2.45, 2.75) is 13.1 Å². The van der Waals surface area contributed by atoms with Crippen molar-refractivity contribution in [1.82, 2.24) is 4.90 Å². The predicted octanol–water partition coefficient (Wildman–Crippen LogP) is 5.97. The van der Waals surface area contributed by atoms with Gasteiger partial charge in [-0.15, -0.1) is 0 Å². The molecule has 162 valence electrons. The third-order valence-electron chi connectivity index (χ3n) is 5.52. The zero-order chi connectivity index (χ0) is 22.2. The molecule has 7 heteroatoms. The predicted molar refractivity (Wildman–Crippen MR) is 124 cm³/mol. The second-order valence-corrected chi connectivity index (χ2v) is 8.44. The summed E-state index contributed by atoms with van der Waals surface area (Å²) in [7, 11) is 1.66. The Kier molecular flexibility index (Phi) is 5.55. The van der Waals surface area contributed by atoms with E-state index in [1.165, 1.54) is 0 Å². The van der Waals surface area contributed by atoms with Crippen molar-refractivity contribution < 1.29 is 19.0 Å². The van der Waals surface area contributed by atoms with Crippen LogP contribution in [0, 0.1) is 0 Å². The van der Waals surface area contributed by atoms with E-state index in [0.29, 0.717) is 46.7 Å². The molecule has 2 heterocycles. The number of Topliss-reactive ketones (excluding diaryl/α,β-unsaturated/α-hetero) is 1. The third-order valence-corrected chi connectivity index (χ3v) is 6.08. The summed E-state index contributed by atoms with van der Waals surface area (Å²) >= 11 is 12.2.